The zero-order chi connectivity index (χ0) is 13.0. The maximum Gasteiger partial charge on any atom is 0.0954 e. The van der Waals surface area contributed by atoms with Crippen molar-refractivity contribution in [1.82, 2.24) is 14.9 Å². The summed E-state index contributed by atoms with van der Waals surface area (Å²) in [4.78, 5) is 4.48. The first-order valence-corrected chi connectivity index (χ1v) is 7.47. The predicted molar refractivity (Wildman–Crippen MR) is 75.9 cm³/mol. The fourth-order valence-electron chi connectivity index (χ4n) is 3.15. The Labute approximate surface area is 111 Å². The van der Waals surface area contributed by atoms with Gasteiger partial charge in [0, 0.05) is 11.7 Å². The summed E-state index contributed by atoms with van der Waals surface area (Å²) in [5.74, 6) is 0. The average Bonchev–Trinajstić information content (AvgIpc) is 2.65. The van der Waals surface area contributed by atoms with Gasteiger partial charge in [0.25, 0.3) is 0 Å². The Morgan fingerprint density at radius 3 is 2.56 bits per heavy atom. The molecule has 18 heavy (non-hydrogen) atoms. The Balaban J connectivity index is 2.20. The lowest BCUT2D eigenvalue weighted by Crippen LogP contribution is -2.38. The second-order valence-electron chi connectivity index (χ2n) is 5.55. The number of aromatic nitrogens is 2. The summed E-state index contributed by atoms with van der Waals surface area (Å²) in [5.41, 5.74) is 2.51. The van der Waals surface area contributed by atoms with Crippen LogP contribution in [0.1, 0.15) is 62.9 Å². The summed E-state index contributed by atoms with van der Waals surface area (Å²) in [6.45, 7) is 7.58. The van der Waals surface area contributed by atoms with Gasteiger partial charge < -0.3 is 9.88 Å². The number of rotatable bonds is 3. The predicted octanol–water partition coefficient (Wildman–Crippen LogP) is 3.37. The number of imidazole rings is 1. The molecule has 3 heteroatoms. The van der Waals surface area contributed by atoms with Crippen LogP contribution in [0.15, 0.2) is 6.33 Å². The van der Waals surface area contributed by atoms with Gasteiger partial charge >= 0.3 is 0 Å². The number of nitrogens with one attached hydrogen (secondary N) is 1. The van der Waals surface area contributed by atoms with Crippen LogP contribution >= 0.6 is 0 Å². The monoisotopic (exact) mass is 249 g/mol. The van der Waals surface area contributed by atoms with E-state index in [9.17, 15) is 0 Å². The molecule has 1 fully saturated rings. The molecule has 1 aliphatic carbocycles. The first kappa shape index (κ1) is 13.6. The fourth-order valence-corrected chi connectivity index (χ4v) is 3.15. The van der Waals surface area contributed by atoms with Crippen LogP contribution in [0.4, 0.5) is 0 Å². The van der Waals surface area contributed by atoms with Crippen LogP contribution in [0.5, 0.6) is 0 Å². The van der Waals surface area contributed by atoms with Crippen molar-refractivity contribution in [3.63, 3.8) is 0 Å². The molecule has 0 amide bonds. The van der Waals surface area contributed by atoms with Gasteiger partial charge in [0.1, 0.15) is 0 Å². The third-order valence-electron chi connectivity index (χ3n) is 4.34. The molecule has 1 heterocycles. The molecule has 3 nitrogen and oxygen atoms in total. The van der Waals surface area contributed by atoms with E-state index in [4.69, 9.17) is 0 Å². The lowest BCUT2D eigenvalue weighted by molar-refractivity contribution is 0.283. The summed E-state index contributed by atoms with van der Waals surface area (Å²) in [6, 6.07) is 1.20. The van der Waals surface area contributed by atoms with Crippen molar-refractivity contribution in [2.24, 2.45) is 0 Å². The Bertz CT molecular complexity index is 370. The third-order valence-corrected chi connectivity index (χ3v) is 4.34. The average molecular weight is 249 g/mol. The number of likely N-dealkylation sites (N-methyl/N-ethyl adjacent to an activating group) is 1. The van der Waals surface area contributed by atoms with Crippen molar-refractivity contribution in [2.45, 2.75) is 71.4 Å². The smallest absolute Gasteiger partial charge is 0.0954 e. The molecule has 2 unspecified atom stereocenters. The summed E-state index contributed by atoms with van der Waals surface area (Å²) in [7, 11) is 0. The van der Waals surface area contributed by atoms with Crippen molar-refractivity contribution in [2.75, 3.05) is 6.54 Å². The fraction of sp³-hybridized carbons (Fsp3) is 0.800. The molecule has 1 saturated carbocycles. The van der Waals surface area contributed by atoms with Gasteiger partial charge in [0.15, 0.2) is 0 Å². The second kappa shape index (κ2) is 6.37. The highest BCUT2D eigenvalue weighted by molar-refractivity contribution is 5.10. The van der Waals surface area contributed by atoms with E-state index < -0.39 is 0 Å². The van der Waals surface area contributed by atoms with Gasteiger partial charge in [-0.05, 0) is 33.2 Å². The summed E-state index contributed by atoms with van der Waals surface area (Å²) < 4.78 is 2.41. The van der Waals surface area contributed by atoms with E-state index >= 15 is 0 Å². The molecule has 1 N–H and O–H groups in total. The second-order valence-corrected chi connectivity index (χ2v) is 5.55. The van der Waals surface area contributed by atoms with Gasteiger partial charge in [-0.25, -0.2) is 4.98 Å². The zero-order valence-electron chi connectivity index (χ0n) is 12.1. The van der Waals surface area contributed by atoms with Gasteiger partial charge in [-0.1, -0.05) is 32.6 Å². The van der Waals surface area contributed by atoms with Gasteiger partial charge in [0.2, 0.25) is 0 Å². The summed E-state index contributed by atoms with van der Waals surface area (Å²) >= 11 is 0. The van der Waals surface area contributed by atoms with E-state index in [0.717, 1.165) is 6.54 Å². The number of nitrogens with zero attached hydrogens (tertiary/aromatic N) is 2. The molecule has 0 aromatic carbocycles. The minimum atomic E-state index is 0.589. The lowest BCUT2D eigenvalue weighted by atomic mass is 9.92. The maximum atomic E-state index is 4.48. The van der Waals surface area contributed by atoms with Gasteiger partial charge in [-0.2, -0.15) is 0 Å². The molecule has 0 radical (unpaired) electrons. The largest absolute Gasteiger partial charge is 0.330 e. The lowest BCUT2D eigenvalue weighted by Gasteiger charge is -2.32. The normalized spacial score (nSPS) is 25.7. The first-order chi connectivity index (χ1) is 8.74. The van der Waals surface area contributed by atoms with E-state index in [1.165, 1.54) is 49.9 Å². The van der Waals surface area contributed by atoms with Crippen LogP contribution < -0.4 is 5.32 Å². The van der Waals surface area contributed by atoms with Crippen LogP contribution in [0.2, 0.25) is 0 Å². The van der Waals surface area contributed by atoms with Gasteiger partial charge in [-0.3, -0.25) is 0 Å². The standard InChI is InChI=1S/C15H27N3/c1-4-16-14-9-7-5-6-8-10-15(14)18-11-17-12(2)13(18)3/h11,14-16H,4-10H2,1-3H3. The molecule has 102 valence electrons. The molecule has 0 aliphatic heterocycles. The summed E-state index contributed by atoms with van der Waals surface area (Å²) in [5, 5.41) is 3.69. The van der Waals surface area contributed by atoms with Crippen molar-refractivity contribution < 1.29 is 0 Å². The summed E-state index contributed by atoms with van der Waals surface area (Å²) in [6.07, 6.45) is 10.1. The first-order valence-electron chi connectivity index (χ1n) is 7.47. The molecule has 2 atom stereocenters. The van der Waals surface area contributed by atoms with E-state index in [2.05, 4.69) is 35.6 Å². The Kier molecular flexibility index (Phi) is 4.81. The van der Waals surface area contributed by atoms with E-state index in [0.29, 0.717) is 12.1 Å². The minimum Gasteiger partial charge on any atom is -0.330 e. The zero-order valence-corrected chi connectivity index (χ0v) is 12.1. The van der Waals surface area contributed by atoms with Crippen LogP contribution in [-0.2, 0) is 0 Å². The van der Waals surface area contributed by atoms with Crippen molar-refractivity contribution >= 4 is 0 Å². The molecule has 0 spiro atoms. The molecular weight excluding hydrogens is 222 g/mol. The van der Waals surface area contributed by atoms with Crippen molar-refractivity contribution in [3.05, 3.63) is 17.7 Å². The molecule has 1 aromatic heterocycles. The maximum absolute atomic E-state index is 4.48. The van der Waals surface area contributed by atoms with Crippen molar-refractivity contribution in [1.29, 1.82) is 0 Å². The van der Waals surface area contributed by atoms with E-state index in [-0.39, 0.29) is 0 Å². The minimum absolute atomic E-state index is 0.589. The Hall–Kier alpha value is -0.830. The molecule has 0 saturated heterocycles. The van der Waals surface area contributed by atoms with Crippen LogP contribution in [0, 0.1) is 13.8 Å². The molecule has 2 rings (SSSR count). The van der Waals surface area contributed by atoms with Crippen LogP contribution in [0.3, 0.4) is 0 Å². The number of aryl methyl sites for hydroxylation is 1. The quantitative estimate of drug-likeness (QED) is 0.890. The van der Waals surface area contributed by atoms with E-state index in [1.54, 1.807) is 0 Å². The molecule has 1 aliphatic rings. The number of hydrogen-bond acceptors (Lipinski definition) is 2. The van der Waals surface area contributed by atoms with Gasteiger partial charge in [-0.15, -0.1) is 0 Å². The SMILES string of the molecule is CCNC1CCCCCCC1n1cnc(C)c1C. The van der Waals surface area contributed by atoms with Crippen LogP contribution in [0.25, 0.3) is 0 Å². The molecule has 0 bridgehead atoms. The van der Waals surface area contributed by atoms with Gasteiger partial charge in [0.05, 0.1) is 18.1 Å². The highest BCUT2D eigenvalue weighted by Gasteiger charge is 2.24. The number of hydrogen-bond donors (Lipinski definition) is 1. The third kappa shape index (κ3) is 2.94. The topological polar surface area (TPSA) is 29.9 Å². The molecule has 1 aromatic rings. The Morgan fingerprint density at radius 2 is 1.94 bits per heavy atom. The Morgan fingerprint density at radius 1 is 1.22 bits per heavy atom. The highest BCUT2D eigenvalue weighted by atomic mass is 15.1. The van der Waals surface area contributed by atoms with E-state index in [1.807, 2.05) is 6.33 Å². The molecular formula is C15H27N3. The van der Waals surface area contributed by atoms with Crippen LogP contribution in [-0.4, -0.2) is 22.1 Å². The van der Waals surface area contributed by atoms with Crippen molar-refractivity contribution in [3.8, 4) is 0 Å². The highest BCUT2D eigenvalue weighted by Crippen LogP contribution is 2.28.